The molecule has 25 heavy (non-hydrogen) atoms. The molecule has 2 aromatic rings. The minimum absolute atomic E-state index is 0.180. The number of sulfonamides is 1. The van der Waals surface area contributed by atoms with Crippen LogP contribution in [0.2, 0.25) is 0 Å². The maximum absolute atomic E-state index is 13.6. The number of benzene rings is 2. The lowest BCUT2D eigenvalue weighted by molar-refractivity contribution is -0.0296. The number of hydrogen-bond acceptors (Lipinski definition) is 4. The van der Waals surface area contributed by atoms with Gasteiger partial charge in [0.1, 0.15) is 0 Å². The Balaban J connectivity index is 1.54. The van der Waals surface area contributed by atoms with Crippen molar-refractivity contribution in [3.8, 4) is 5.75 Å². The second kappa shape index (κ2) is 7.41. The van der Waals surface area contributed by atoms with Crippen LogP contribution in [0.25, 0.3) is 0 Å². The molecule has 0 radical (unpaired) electrons. The Morgan fingerprint density at radius 2 is 1.88 bits per heavy atom. The van der Waals surface area contributed by atoms with E-state index in [-0.39, 0.29) is 36.4 Å². The van der Waals surface area contributed by atoms with Gasteiger partial charge in [0.15, 0.2) is 11.6 Å². The van der Waals surface area contributed by atoms with Crippen LogP contribution in [0.15, 0.2) is 51.8 Å². The van der Waals surface area contributed by atoms with Crippen molar-refractivity contribution < 1.29 is 22.3 Å². The smallest absolute Gasteiger partial charge is 0.243 e. The summed E-state index contributed by atoms with van der Waals surface area (Å²) in [6, 6.07) is 11.1. The summed E-state index contributed by atoms with van der Waals surface area (Å²) in [4.78, 5) is 0.256. The molecule has 0 saturated carbocycles. The van der Waals surface area contributed by atoms with E-state index in [1.54, 1.807) is 36.4 Å². The molecule has 2 aromatic carbocycles. The summed E-state index contributed by atoms with van der Waals surface area (Å²) in [7, 11) is -2.09. The Hall–Kier alpha value is -1.48. The van der Waals surface area contributed by atoms with Crippen LogP contribution in [0.5, 0.6) is 5.75 Å². The van der Waals surface area contributed by atoms with Gasteiger partial charge in [0, 0.05) is 17.6 Å². The molecule has 0 aliphatic carbocycles. The first-order valence-electron chi connectivity index (χ1n) is 7.60. The van der Waals surface area contributed by atoms with E-state index in [2.05, 4.69) is 15.9 Å². The van der Waals surface area contributed by atoms with E-state index in [1.165, 1.54) is 17.5 Å². The van der Waals surface area contributed by atoms with Gasteiger partial charge in [-0.1, -0.05) is 22.0 Å². The third-order valence-electron chi connectivity index (χ3n) is 3.97. The van der Waals surface area contributed by atoms with E-state index in [4.69, 9.17) is 9.47 Å². The molecule has 0 aromatic heterocycles. The largest absolute Gasteiger partial charge is 0.494 e. The van der Waals surface area contributed by atoms with E-state index in [1.807, 2.05) is 0 Å². The number of nitrogens with zero attached hydrogens (tertiary/aromatic N) is 1. The molecule has 0 bridgehead atoms. The topological polar surface area (TPSA) is 55.8 Å². The number of ether oxygens (including phenoxy) is 2. The van der Waals surface area contributed by atoms with E-state index in [0.29, 0.717) is 5.56 Å². The maximum Gasteiger partial charge on any atom is 0.243 e. The molecule has 1 saturated heterocycles. The number of hydrogen-bond donors (Lipinski definition) is 0. The first kappa shape index (κ1) is 18.3. The predicted octanol–water partition coefficient (Wildman–Crippen LogP) is 3.19. The maximum atomic E-state index is 13.6. The van der Waals surface area contributed by atoms with Crippen LogP contribution in [-0.4, -0.2) is 39.0 Å². The zero-order valence-corrected chi connectivity index (χ0v) is 15.9. The highest BCUT2D eigenvalue weighted by Crippen LogP contribution is 2.25. The Morgan fingerprint density at radius 1 is 1.20 bits per heavy atom. The number of halogens is 2. The van der Waals surface area contributed by atoms with Crippen LogP contribution >= 0.6 is 15.9 Å². The zero-order valence-electron chi connectivity index (χ0n) is 13.5. The van der Waals surface area contributed by atoms with Gasteiger partial charge in [0.05, 0.1) is 24.7 Å². The molecular formula is C17H17BrFNO4S. The van der Waals surface area contributed by atoms with Crippen molar-refractivity contribution in [1.29, 1.82) is 0 Å². The normalized spacial score (nSPS) is 15.8. The highest BCUT2D eigenvalue weighted by atomic mass is 79.9. The number of methoxy groups -OCH3 is 1. The van der Waals surface area contributed by atoms with Crippen LogP contribution in [0.3, 0.4) is 0 Å². The van der Waals surface area contributed by atoms with Gasteiger partial charge in [-0.2, -0.15) is 4.31 Å². The number of rotatable bonds is 6. The Bertz CT molecular complexity index is 851. The monoisotopic (exact) mass is 429 g/mol. The zero-order chi connectivity index (χ0) is 18.0. The fourth-order valence-corrected chi connectivity index (χ4v) is 4.24. The van der Waals surface area contributed by atoms with Crippen molar-refractivity contribution in [2.75, 3.05) is 20.2 Å². The fraction of sp³-hybridized carbons (Fsp3) is 0.294. The summed E-state index contributed by atoms with van der Waals surface area (Å²) in [6.07, 6.45) is -0.199. The minimum atomic E-state index is -3.49. The van der Waals surface area contributed by atoms with Crippen LogP contribution in [0.1, 0.15) is 5.56 Å². The second-order valence-electron chi connectivity index (χ2n) is 5.68. The van der Waals surface area contributed by atoms with Gasteiger partial charge in [0.25, 0.3) is 0 Å². The molecule has 1 aliphatic heterocycles. The van der Waals surface area contributed by atoms with Crippen LogP contribution in [-0.2, 0) is 21.4 Å². The Labute approximate surface area is 154 Å². The van der Waals surface area contributed by atoms with Gasteiger partial charge in [0.2, 0.25) is 10.0 Å². The summed E-state index contributed by atoms with van der Waals surface area (Å²) >= 11 is 3.28. The molecule has 134 valence electrons. The molecule has 1 aliphatic rings. The van der Waals surface area contributed by atoms with E-state index < -0.39 is 15.8 Å². The lowest BCUT2D eigenvalue weighted by Gasteiger charge is -2.37. The second-order valence-corrected chi connectivity index (χ2v) is 8.53. The van der Waals surface area contributed by atoms with Gasteiger partial charge >= 0.3 is 0 Å². The van der Waals surface area contributed by atoms with Crippen molar-refractivity contribution in [3.05, 3.63) is 58.3 Å². The molecule has 0 N–H and O–H groups in total. The average Bonchev–Trinajstić information content (AvgIpc) is 2.53. The van der Waals surface area contributed by atoms with Crippen molar-refractivity contribution in [1.82, 2.24) is 4.31 Å². The van der Waals surface area contributed by atoms with Gasteiger partial charge in [-0.25, -0.2) is 12.8 Å². The van der Waals surface area contributed by atoms with E-state index >= 15 is 0 Å². The van der Waals surface area contributed by atoms with Crippen LogP contribution < -0.4 is 4.74 Å². The highest BCUT2D eigenvalue weighted by molar-refractivity contribution is 9.10. The molecular weight excluding hydrogens is 413 g/mol. The molecule has 8 heteroatoms. The minimum Gasteiger partial charge on any atom is -0.494 e. The highest BCUT2D eigenvalue weighted by Gasteiger charge is 2.37. The van der Waals surface area contributed by atoms with Gasteiger partial charge < -0.3 is 9.47 Å². The predicted molar refractivity (Wildman–Crippen MR) is 94.4 cm³/mol. The van der Waals surface area contributed by atoms with Crippen molar-refractivity contribution >= 4 is 26.0 Å². The van der Waals surface area contributed by atoms with E-state index in [0.717, 1.165) is 4.47 Å². The molecule has 1 heterocycles. The molecule has 5 nitrogen and oxygen atoms in total. The van der Waals surface area contributed by atoms with Crippen molar-refractivity contribution in [2.24, 2.45) is 0 Å². The summed E-state index contributed by atoms with van der Waals surface area (Å²) in [5, 5.41) is 0. The summed E-state index contributed by atoms with van der Waals surface area (Å²) < 4.78 is 51.2. The molecule has 1 fully saturated rings. The first-order valence-corrected chi connectivity index (χ1v) is 9.83. The van der Waals surface area contributed by atoms with E-state index in [9.17, 15) is 12.8 Å². The third kappa shape index (κ3) is 4.03. The molecule has 0 spiro atoms. The molecule has 0 amide bonds. The molecule has 0 atom stereocenters. The van der Waals surface area contributed by atoms with Crippen LogP contribution in [0, 0.1) is 5.82 Å². The Kier molecular flexibility index (Phi) is 5.43. The summed E-state index contributed by atoms with van der Waals surface area (Å²) in [6.45, 7) is 0.797. The van der Waals surface area contributed by atoms with Crippen LogP contribution in [0.4, 0.5) is 4.39 Å². The molecule has 0 unspecified atom stereocenters. The lowest BCUT2D eigenvalue weighted by atomic mass is 10.2. The summed E-state index contributed by atoms with van der Waals surface area (Å²) in [5.41, 5.74) is 0.674. The van der Waals surface area contributed by atoms with Gasteiger partial charge in [-0.15, -0.1) is 0 Å². The molecule has 3 rings (SSSR count). The quantitative estimate of drug-likeness (QED) is 0.707. The van der Waals surface area contributed by atoms with Gasteiger partial charge in [-0.3, -0.25) is 0 Å². The average molecular weight is 430 g/mol. The summed E-state index contributed by atoms with van der Waals surface area (Å²) in [5.74, 6) is -0.268. The van der Waals surface area contributed by atoms with Crippen molar-refractivity contribution in [3.63, 3.8) is 0 Å². The Morgan fingerprint density at radius 3 is 2.48 bits per heavy atom. The third-order valence-corrected chi connectivity index (χ3v) is 6.34. The lowest BCUT2D eigenvalue weighted by Crippen LogP contribution is -2.54. The SMILES string of the molecule is COc1ccc(COC2CN(S(=O)(=O)c3ccc(Br)cc3)C2)cc1F. The fourth-order valence-electron chi connectivity index (χ4n) is 2.47. The first-order chi connectivity index (χ1) is 11.9. The van der Waals surface area contributed by atoms with Gasteiger partial charge in [-0.05, 0) is 42.0 Å². The van der Waals surface area contributed by atoms with Crippen molar-refractivity contribution in [2.45, 2.75) is 17.6 Å². The standard InChI is InChI=1S/C17H17BrFNO4S/c1-23-17-7-2-12(8-16(17)19)11-24-14-9-20(10-14)25(21,22)15-5-3-13(18)4-6-15/h2-8,14H,9-11H2,1H3.